The quantitative estimate of drug-likeness (QED) is 0.391. The lowest BCUT2D eigenvalue weighted by molar-refractivity contribution is 0.253. The number of hydrogen-bond acceptors (Lipinski definition) is 2. The Kier molecular flexibility index (Phi) is 4.20. The zero-order chi connectivity index (χ0) is 10.6. The zero-order valence-electron chi connectivity index (χ0n) is 8.29. The molecule has 0 spiro atoms. The van der Waals surface area contributed by atoms with Gasteiger partial charge in [-0.2, -0.15) is 0 Å². The van der Waals surface area contributed by atoms with Crippen LogP contribution in [0.25, 0.3) is 0 Å². The van der Waals surface area contributed by atoms with E-state index in [1.807, 2.05) is 0 Å². The second-order valence-electron chi connectivity index (χ2n) is 3.57. The molecule has 2 unspecified atom stereocenters. The molecule has 1 saturated carbocycles. The number of carbonyl (C=O) groups excluding carboxylic acids is 1. The molecule has 2 atom stereocenters. The van der Waals surface area contributed by atoms with Crippen LogP contribution < -0.4 is 11.1 Å². The van der Waals surface area contributed by atoms with Crippen molar-refractivity contribution < 1.29 is 4.79 Å². The molecule has 1 aliphatic carbocycles. The standard InChI is InChI=1S/C9H16ClN3O/c1-6(13-9(11)14)12-8-5-3-2-4-7(8)10/h7-8H,2-5H2,1H3,(H3,11,12,13,14). The first kappa shape index (κ1) is 11.3. The number of halogens is 1. The molecule has 3 N–H and O–H groups in total. The second-order valence-corrected chi connectivity index (χ2v) is 4.13. The van der Waals surface area contributed by atoms with Crippen molar-refractivity contribution in [2.75, 3.05) is 0 Å². The number of alkyl halides is 1. The fourth-order valence-corrected chi connectivity index (χ4v) is 2.01. The predicted octanol–water partition coefficient (Wildman–Crippen LogP) is 1.62. The molecular formula is C9H16ClN3O. The van der Waals surface area contributed by atoms with Gasteiger partial charge in [-0.25, -0.2) is 4.79 Å². The smallest absolute Gasteiger partial charge is 0.317 e. The lowest BCUT2D eigenvalue weighted by Crippen LogP contribution is -2.35. The molecule has 0 bridgehead atoms. The summed E-state index contributed by atoms with van der Waals surface area (Å²) in [5.41, 5.74) is 4.97. The van der Waals surface area contributed by atoms with Crippen molar-refractivity contribution in [3.63, 3.8) is 0 Å². The van der Waals surface area contributed by atoms with Crippen LogP contribution in [0.15, 0.2) is 4.99 Å². The topological polar surface area (TPSA) is 67.5 Å². The van der Waals surface area contributed by atoms with E-state index in [0.717, 1.165) is 19.3 Å². The number of nitrogens with one attached hydrogen (secondary N) is 1. The number of aliphatic imine (C=N–C) groups is 1. The summed E-state index contributed by atoms with van der Waals surface area (Å²) in [5.74, 6) is 0.551. The Labute approximate surface area is 88.9 Å². The van der Waals surface area contributed by atoms with E-state index in [4.69, 9.17) is 17.3 Å². The summed E-state index contributed by atoms with van der Waals surface area (Å²) in [6.45, 7) is 1.73. The molecular weight excluding hydrogens is 202 g/mol. The molecule has 80 valence electrons. The van der Waals surface area contributed by atoms with Gasteiger partial charge in [0.25, 0.3) is 0 Å². The molecule has 1 fully saturated rings. The molecule has 2 amide bonds. The van der Waals surface area contributed by atoms with E-state index in [1.165, 1.54) is 6.42 Å². The zero-order valence-corrected chi connectivity index (χ0v) is 9.05. The molecule has 0 saturated heterocycles. The van der Waals surface area contributed by atoms with Crippen molar-refractivity contribution in [2.24, 2.45) is 10.7 Å². The summed E-state index contributed by atoms with van der Waals surface area (Å²) < 4.78 is 0. The Morgan fingerprint density at radius 1 is 1.50 bits per heavy atom. The molecule has 4 nitrogen and oxygen atoms in total. The van der Waals surface area contributed by atoms with Gasteiger partial charge in [-0.3, -0.25) is 10.3 Å². The minimum atomic E-state index is -0.576. The summed E-state index contributed by atoms with van der Waals surface area (Å²) in [4.78, 5) is 14.9. The first-order valence-electron chi connectivity index (χ1n) is 4.84. The molecule has 14 heavy (non-hydrogen) atoms. The van der Waals surface area contributed by atoms with Crippen molar-refractivity contribution >= 4 is 23.5 Å². The van der Waals surface area contributed by atoms with Crippen LogP contribution in [0, 0.1) is 0 Å². The summed E-state index contributed by atoms with van der Waals surface area (Å²) >= 11 is 6.11. The highest BCUT2D eigenvalue weighted by molar-refractivity contribution is 6.21. The van der Waals surface area contributed by atoms with Crippen molar-refractivity contribution in [3.8, 4) is 0 Å². The van der Waals surface area contributed by atoms with Gasteiger partial charge in [0.05, 0.1) is 11.4 Å². The first-order valence-corrected chi connectivity index (χ1v) is 5.28. The van der Waals surface area contributed by atoms with Crippen LogP contribution in [0.4, 0.5) is 4.79 Å². The van der Waals surface area contributed by atoms with E-state index in [0.29, 0.717) is 5.84 Å². The fourth-order valence-electron chi connectivity index (χ4n) is 1.67. The minimum absolute atomic E-state index is 0.0911. The van der Waals surface area contributed by atoms with E-state index >= 15 is 0 Å². The third kappa shape index (κ3) is 3.54. The molecule has 1 aliphatic rings. The number of rotatable bonds is 1. The van der Waals surface area contributed by atoms with Crippen LogP contribution >= 0.6 is 11.6 Å². The Bertz CT molecular complexity index is 242. The van der Waals surface area contributed by atoms with E-state index in [9.17, 15) is 4.79 Å². The largest absolute Gasteiger partial charge is 0.351 e. The molecule has 0 aromatic rings. The van der Waals surface area contributed by atoms with Crippen LogP contribution in [0.1, 0.15) is 32.6 Å². The predicted molar refractivity (Wildman–Crippen MR) is 57.7 cm³/mol. The molecule has 0 aliphatic heterocycles. The van der Waals surface area contributed by atoms with Crippen molar-refractivity contribution in [2.45, 2.75) is 44.0 Å². The molecule has 0 radical (unpaired) electrons. The van der Waals surface area contributed by atoms with Gasteiger partial charge in [-0.05, 0) is 19.8 Å². The summed E-state index contributed by atoms with van der Waals surface area (Å²) in [5, 5.41) is 2.53. The van der Waals surface area contributed by atoms with E-state index < -0.39 is 6.03 Å². The summed E-state index contributed by atoms with van der Waals surface area (Å²) in [7, 11) is 0. The van der Waals surface area contributed by atoms with Gasteiger partial charge in [-0.15, -0.1) is 11.6 Å². The Hall–Kier alpha value is -0.770. The Morgan fingerprint density at radius 3 is 2.71 bits per heavy atom. The van der Waals surface area contributed by atoms with Crippen LogP contribution in [-0.2, 0) is 0 Å². The maximum Gasteiger partial charge on any atom is 0.317 e. The summed E-state index contributed by atoms with van der Waals surface area (Å²) in [6, 6.07) is -0.453. The van der Waals surface area contributed by atoms with Crippen LogP contribution in [-0.4, -0.2) is 23.3 Å². The lowest BCUT2D eigenvalue weighted by atomic mass is 9.95. The van der Waals surface area contributed by atoms with Gasteiger partial charge in [0.15, 0.2) is 0 Å². The van der Waals surface area contributed by atoms with Gasteiger partial charge in [0, 0.05) is 0 Å². The Balaban J connectivity index is 2.51. The van der Waals surface area contributed by atoms with Gasteiger partial charge in [-0.1, -0.05) is 12.8 Å². The number of amides is 2. The number of carbonyl (C=O) groups is 1. The van der Waals surface area contributed by atoms with Gasteiger partial charge in [0.2, 0.25) is 0 Å². The van der Waals surface area contributed by atoms with Gasteiger partial charge >= 0.3 is 6.03 Å². The van der Waals surface area contributed by atoms with Gasteiger partial charge in [0.1, 0.15) is 5.84 Å². The van der Waals surface area contributed by atoms with E-state index in [2.05, 4.69) is 10.3 Å². The highest BCUT2D eigenvalue weighted by Gasteiger charge is 2.22. The lowest BCUT2D eigenvalue weighted by Gasteiger charge is -2.24. The third-order valence-electron chi connectivity index (χ3n) is 2.31. The minimum Gasteiger partial charge on any atom is -0.351 e. The molecule has 0 aromatic carbocycles. The normalized spacial score (nSPS) is 28.6. The van der Waals surface area contributed by atoms with E-state index in [1.54, 1.807) is 6.92 Å². The van der Waals surface area contributed by atoms with Crippen LogP contribution in [0.5, 0.6) is 0 Å². The number of nitrogens with two attached hydrogens (primary N) is 1. The van der Waals surface area contributed by atoms with Crippen molar-refractivity contribution in [3.05, 3.63) is 0 Å². The molecule has 0 heterocycles. The molecule has 1 rings (SSSR count). The maximum atomic E-state index is 10.5. The monoisotopic (exact) mass is 217 g/mol. The van der Waals surface area contributed by atoms with Crippen molar-refractivity contribution in [1.29, 1.82) is 0 Å². The number of urea groups is 1. The van der Waals surface area contributed by atoms with E-state index in [-0.39, 0.29) is 11.4 Å². The van der Waals surface area contributed by atoms with Crippen LogP contribution in [0.3, 0.4) is 0 Å². The highest BCUT2D eigenvalue weighted by atomic mass is 35.5. The average Bonchev–Trinajstić information content (AvgIpc) is 2.07. The highest BCUT2D eigenvalue weighted by Crippen LogP contribution is 2.25. The second kappa shape index (κ2) is 5.20. The number of nitrogens with zero attached hydrogens (tertiary/aromatic N) is 1. The maximum absolute atomic E-state index is 10.5. The average molecular weight is 218 g/mol. The third-order valence-corrected chi connectivity index (χ3v) is 2.82. The molecule has 0 aromatic heterocycles. The fraction of sp³-hybridized carbons (Fsp3) is 0.778. The molecule has 5 heteroatoms. The number of primary amides is 1. The SMILES string of the molecule is CC(=NC1CCCCC1Cl)NC(N)=O. The van der Waals surface area contributed by atoms with Gasteiger partial charge < -0.3 is 5.73 Å². The Morgan fingerprint density at radius 2 is 2.14 bits per heavy atom. The number of hydrogen-bond donors (Lipinski definition) is 2. The first-order chi connectivity index (χ1) is 6.59. The number of amidine groups is 1. The van der Waals surface area contributed by atoms with Crippen LogP contribution in [0.2, 0.25) is 0 Å². The summed E-state index contributed by atoms with van der Waals surface area (Å²) in [6.07, 6.45) is 4.31. The van der Waals surface area contributed by atoms with Crippen molar-refractivity contribution in [1.82, 2.24) is 5.32 Å².